The first-order chi connectivity index (χ1) is 10.9. The zero-order chi connectivity index (χ0) is 17.0. The van der Waals surface area contributed by atoms with E-state index in [4.69, 9.17) is 0 Å². The predicted molar refractivity (Wildman–Crippen MR) is 99.0 cm³/mol. The van der Waals surface area contributed by atoms with Crippen molar-refractivity contribution in [2.45, 2.75) is 12.2 Å². The molecule has 1 aliphatic heterocycles. The van der Waals surface area contributed by atoms with Crippen LogP contribution >= 0.6 is 23.5 Å². The molecule has 0 aromatic heterocycles. The lowest BCUT2D eigenvalue weighted by Gasteiger charge is -2.11. The van der Waals surface area contributed by atoms with Crippen LogP contribution in [0, 0.1) is 0 Å². The monoisotopic (exact) mass is 349 g/mol. The molecule has 23 heavy (non-hydrogen) atoms. The van der Waals surface area contributed by atoms with Gasteiger partial charge in [0.1, 0.15) is 5.57 Å². The molecule has 0 bridgehead atoms. The van der Waals surface area contributed by atoms with E-state index in [9.17, 15) is 14.7 Å². The third kappa shape index (κ3) is 4.65. The molecule has 0 unspecified atom stereocenters. The maximum atomic E-state index is 12.3. The number of anilines is 1. The van der Waals surface area contributed by atoms with Crippen LogP contribution < -0.4 is 4.90 Å². The lowest BCUT2D eigenvalue weighted by atomic mass is 10.1. The normalized spacial score (nSPS) is 19.9. The second-order valence-corrected chi connectivity index (χ2v) is 8.13. The van der Waals surface area contributed by atoms with Gasteiger partial charge in [0.2, 0.25) is 0 Å². The molecule has 6 heteroatoms. The average molecular weight is 349 g/mol. The van der Waals surface area contributed by atoms with Crippen LogP contribution in [0.4, 0.5) is 5.69 Å². The number of thioether (sulfide) groups is 2. The van der Waals surface area contributed by atoms with E-state index in [1.54, 1.807) is 6.08 Å². The first-order valence-electron chi connectivity index (χ1n) is 7.15. The van der Waals surface area contributed by atoms with Gasteiger partial charge in [-0.3, -0.25) is 4.79 Å². The van der Waals surface area contributed by atoms with Crippen molar-refractivity contribution in [3.05, 3.63) is 45.7 Å². The van der Waals surface area contributed by atoms with E-state index in [-0.39, 0.29) is 5.57 Å². The maximum Gasteiger partial charge on any atom is 0.341 e. The molecular weight excluding hydrogens is 330 g/mol. The zero-order valence-corrected chi connectivity index (χ0v) is 14.9. The van der Waals surface area contributed by atoms with Gasteiger partial charge in [-0.1, -0.05) is 25.1 Å². The molecule has 0 amide bonds. The summed E-state index contributed by atoms with van der Waals surface area (Å²) in [6.07, 6.45) is 2.99. The molecule has 4 nitrogen and oxygen atoms in total. The topological polar surface area (TPSA) is 57.6 Å². The number of hydrogen-bond acceptors (Lipinski definition) is 5. The first-order valence-corrected chi connectivity index (χ1v) is 9.02. The molecule has 0 radical (unpaired) electrons. The molecule has 0 saturated carbocycles. The molecule has 1 aliphatic rings. The highest BCUT2D eigenvalue weighted by atomic mass is 32.2. The number of ketones is 1. The fraction of sp³-hybridized carbons (Fsp3) is 0.294. The summed E-state index contributed by atoms with van der Waals surface area (Å²) >= 11 is 2.90. The highest BCUT2D eigenvalue weighted by Crippen LogP contribution is 2.43. The Bertz CT molecular complexity index is 663. The molecule has 122 valence electrons. The summed E-state index contributed by atoms with van der Waals surface area (Å²) in [7, 11) is 3.91. The third-order valence-corrected chi connectivity index (χ3v) is 6.23. The highest BCUT2D eigenvalue weighted by Gasteiger charge is 2.27. The van der Waals surface area contributed by atoms with Gasteiger partial charge in [-0.05, 0) is 23.8 Å². The predicted octanol–water partition coefficient (Wildman–Crippen LogP) is 3.50. The van der Waals surface area contributed by atoms with Gasteiger partial charge in [0.25, 0.3) is 0 Å². The van der Waals surface area contributed by atoms with Crippen LogP contribution in [0.2, 0.25) is 0 Å². The second kappa shape index (κ2) is 7.75. The van der Waals surface area contributed by atoms with Crippen LogP contribution in [0.25, 0.3) is 6.08 Å². The number of carbonyl (C=O) groups is 2. The van der Waals surface area contributed by atoms with Gasteiger partial charge >= 0.3 is 5.97 Å². The molecule has 1 saturated heterocycles. The van der Waals surface area contributed by atoms with Crippen molar-refractivity contribution in [3.8, 4) is 0 Å². The number of hydrogen-bond donors (Lipinski definition) is 1. The fourth-order valence-corrected chi connectivity index (χ4v) is 4.84. The summed E-state index contributed by atoms with van der Waals surface area (Å²) in [6, 6.07) is 7.69. The molecule has 2 rings (SSSR count). The van der Waals surface area contributed by atoms with Crippen molar-refractivity contribution >= 4 is 47.0 Å². The Morgan fingerprint density at radius 2 is 1.91 bits per heavy atom. The van der Waals surface area contributed by atoms with Gasteiger partial charge in [0.15, 0.2) is 5.78 Å². The van der Waals surface area contributed by atoms with Gasteiger partial charge in [0, 0.05) is 30.8 Å². The minimum absolute atomic E-state index is 0.120. The Balaban J connectivity index is 2.17. The van der Waals surface area contributed by atoms with Gasteiger partial charge in [-0.2, -0.15) is 0 Å². The van der Waals surface area contributed by atoms with Crippen LogP contribution in [0.3, 0.4) is 0 Å². The van der Waals surface area contributed by atoms with E-state index in [2.05, 4.69) is 0 Å². The lowest BCUT2D eigenvalue weighted by Crippen LogP contribution is -2.11. The average Bonchev–Trinajstić information content (AvgIpc) is 2.91. The molecule has 1 N–H and O–H groups in total. The summed E-state index contributed by atoms with van der Waals surface area (Å²) in [6.45, 7) is 2.02. The van der Waals surface area contributed by atoms with Gasteiger partial charge in [-0.25, -0.2) is 4.79 Å². The van der Waals surface area contributed by atoms with E-state index in [0.717, 1.165) is 17.0 Å². The van der Waals surface area contributed by atoms with Crippen molar-refractivity contribution in [1.82, 2.24) is 0 Å². The minimum atomic E-state index is -1.16. The molecular formula is C17H19NO3S2. The molecule has 1 fully saturated rings. The van der Waals surface area contributed by atoms with E-state index >= 15 is 0 Å². The smallest absolute Gasteiger partial charge is 0.341 e. The van der Waals surface area contributed by atoms with E-state index < -0.39 is 11.8 Å². The van der Waals surface area contributed by atoms with Gasteiger partial charge < -0.3 is 10.0 Å². The van der Waals surface area contributed by atoms with E-state index in [0.29, 0.717) is 9.49 Å². The summed E-state index contributed by atoms with van der Waals surface area (Å²) in [5, 5.41) is 9.67. The van der Waals surface area contributed by atoms with Crippen LogP contribution in [-0.2, 0) is 9.59 Å². The molecule has 1 aromatic carbocycles. The van der Waals surface area contributed by atoms with E-state index in [1.165, 1.54) is 29.6 Å². The largest absolute Gasteiger partial charge is 0.477 e. The molecule has 0 aliphatic carbocycles. The minimum Gasteiger partial charge on any atom is -0.477 e. The quantitative estimate of drug-likeness (QED) is 0.499. The second-order valence-electron chi connectivity index (χ2n) is 5.39. The number of nitrogens with zero attached hydrogens (tertiary/aromatic N) is 1. The van der Waals surface area contributed by atoms with E-state index in [1.807, 2.05) is 50.2 Å². The summed E-state index contributed by atoms with van der Waals surface area (Å²) in [5.41, 5.74) is 1.80. The number of carboxylic acids is 1. The summed E-state index contributed by atoms with van der Waals surface area (Å²) < 4.78 is 0.614. The third-order valence-electron chi connectivity index (χ3n) is 3.26. The highest BCUT2D eigenvalue weighted by molar-refractivity contribution is 8.25. The summed E-state index contributed by atoms with van der Waals surface area (Å²) in [5.74, 6) is -0.787. The number of aliphatic carboxylic acids is 1. The number of allylic oxidation sites excluding steroid dienone is 1. The Hall–Kier alpha value is -1.66. The van der Waals surface area contributed by atoms with Crippen LogP contribution in [0.15, 0.2) is 40.2 Å². The Labute approximate surface area is 144 Å². The number of carboxylic acid groups (broad SMARTS) is 1. The summed E-state index contributed by atoms with van der Waals surface area (Å²) in [4.78, 5) is 25.7. The van der Waals surface area contributed by atoms with Crippen molar-refractivity contribution in [1.29, 1.82) is 0 Å². The Morgan fingerprint density at radius 1 is 1.26 bits per heavy atom. The molecule has 1 heterocycles. The van der Waals surface area contributed by atoms with Crippen LogP contribution in [-0.4, -0.2) is 42.0 Å². The molecule has 1 aromatic rings. The standard InChI is InChI=1S/C17H19NO3S2/c1-11-10-22-17(23-11)15(16(20)21)14(19)9-6-12-4-7-13(8-5-12)18(2)3/h4-9,11H,10H2,1-3H3,(H,20,21)/b9-6+,17-15+/t11-/m0/s1. The number of carbonyl (C=O) groups excluding carboxylic acids is 1. The van der Waals surface area contributed by atoms with Crippen molar-refractivity contribution < 1.29 is 14.7 Å². The number of benzene rings is 1. The zero-order valence-electron chi connectivity index (χ0n) is 13.3. The van der Waals surface area contributed by atoms with Gasteiger partial charge in [-0.15, -0.1) is 23.5 Å². The van der Waals surface area contributed by atoms with Crippen molar-refractivity contribution in [3.63, 3.8) is 0 Å². The van der Waals surface area contributed by atoms with Crippen molar-refractivity contribution in [2.75, 3.05) is 24.7 Å². The van der Waals surface area contributed by atoms with Gasteiger partial charge in [0.05, 0.1) is 4.24 Å². The Kier molecular flexibility index (Phi) is 5.96. The van der Waals surface area contributed by atoms with Crippen LogP contribution in [0.1, 0.15) is 12.5 Å². The lowest BCUT2D eigenvalue weighted by molar-refractivity contribution is -0.134. The van der Waals surface area contributed by atoms with Crippen molar-refractivity contribution in [2.24, 2.45) is 0 Å². The molecule has 1 atom stereocenters. The maximum absolute atomic E-state index is 12.3. The van der Waals surface area contributed by atoms with Crippen LogP contribution in [0.5, 0.6) is 0 Å². The Morgan fingerprint density at radius 3 is 2.39 bits per heavy atom. The SMILES string of the molecule is C[C@H]1CS/C(=C(\C(=O)O)C(=O)/C=C/c2ccc(N(C)C)cc2)S1. The first kappa shape index (κ1) is 17.7. The number of rotatable bonds is 5. The molecule has 0 spiro atoms. The fourth-order valence-electron chi connectivity index (χ4n) is 2.01.